The number of ether oxygens (including phenoxy) is 1. The van der Waals surface area contributed by atoms with E-state index in [4.69, 9.17) is 22.1 Å². The van der Waals surface area contributed by atoms with Gasteiger partial charge in [0.25, 0.3) is 0 Å². The molecule has 0 aliphatic carbocycles. The van der Waals surface area contributed by atoms with Crippen LogP contribution in [0.5, 0.6) is 0 Å². The van der Waals surface area contributed by atoms with Crippen LogP contribution in [0.15, 0.2) is 36.5 Å². The Hall–Kier alpha value is -2.01. The number of H-pyrrole nitrogens is 1. The number of rotatable bonds is 3. The summed E-state index contributed by atoms with van der Waals surface area (Å²) in [5, 5.41) is 7.24. The molecule has 1 aromatic heterocycles. The van der Waals surface area contributed by atoms with Crippen LogP contribution in [-0.4, -0.2) is 16.3 Å². The largest absolute Gasteiger partial charge is 0.435 e. The molecule has 0 saturated carbocycles. The van der Waals surface area contributed by atoms with Crippen LogP contribution in [0.3, 0.4) is 0 Å². The van der Waals surface area contributed by atoms with Gasteiger partial charge in [0, 0.05) is 11.2 Å². The second-order valence-electron chi connectivity index (χ2n) is 3.37. The normalized spacial score (nSPS) is 12.1. The molecule has 1 unspecified atom stereocenters. The van der Waals surface area contributed by atoms with Crippen molar-refractivity contribution in [2.45, 2.75) is 6.10 Å². The molecule has 5 nitrogen and oxygen atoms in total. The van der Waals surface area contributed by atoms with E-state index in [0.717, 1.165) is 5.56 Å². The van der Waals surface area contributed by atoms with Crippen LogP contribution in [-0.2, 0) is 4.74 Å². The lowest BCUT2D eigenvalue weighted by Gasteiger charge is -2.14. The minimum Gasteiger partial charge on any atom is -0.435 e. The van der Waals surface area contributed by atoms with Gasteiger partial charge >= 0.3 is 6.09 Å². The van der Waals surface area contributed by atoms with E-state index in [2.05, 4.69) is 10.2 Å². The monoisotopic (exact) mass is 251 g/mol. The van der Waals surface area contributed by atoms with Crippen molar-refractivity contribution in [2.75, 3.05) is 0 Å². The van der Waals surface area contributed by atoms with Crippen molar-refractivity contribution in [3.05, 3.63) is 52.8 Å². The summed E-state index contributed by atoms with van der Waals surface area (Å²) in [4.78, 5) is 10.9. The maximum Gasteiger partial charge on any atom is 0.405 e. The van der Waals surface area contributed by atoms with Gasteiger partial charge in [-0.2, -0.15) is 5.10 Å². The number of amides is 1. The highest BCUT2D eigenvalue weighted by Gasteiger charge is 2.19. The lowest BCUT2D eigenvalue weighted by Crippen LogP contribution is -2.18. The Balaban J connectivity index is 2.33. The Morgan fingerprint density at radius 3 is 2.59 bits per heavy atom. The summed E-state index contributed by atoms with van der Waals surface area (Å²) < 4.78 is 5.03. The first-order valence-corrected chi connectivity index (χ1v) is 5.26. The zero-order valence-corrected chi connectivity index (χ0v) is 9.52. The fraction of sp³-hybridized carbons (Fsp3) is 0.0909. The first kappa shape index (κ1) is 11.5. The van der Waals surface area contributed by atoms with Crippen LogP contribution in [0.2, 0.25) is 5.02 Å². The molecule has 3 N–H and O–H groups in total. The highest BCUT2D eigenvalue weighted by atomic mass is 35.5. The fourth-order valence-electron chi connectivity index (χ4n) is 1.47. The number of halogens is 1. The molecule has 1 heterocycles. The Bertz CT molecular complexity index is 496. The molecule has 88 valence electrons. The Kier molecular flexibility index (Phi) is 3.30. The van der Waals surface area contributed by atoms with Crippen molar-refractivity contribution in [1.29, 1.82) is 0 Å². The number of hydrogen-bond acceptors (Lipinski definition) is 3. The summed E-state index contributed by atoms with van der Waals surface area (Å²) >= 11 is 5.79. The zero-order chi connectivity index (χ0) is 12.3. The van der Waals surface area contributed by atoms with E-state index in [-0.39, 0.29) is 0 Å². The average Bonchev–Trinajstić information content (AvgIpc) is 2.80. The standard InChI is InChI=1S/C11H10ClN3O2/c12-8-3-1-7(2-4-8)10(17-11(13)16)9-5-6-14-15-9/h1-6,10H,(H2,13,16)(H,14,15). The highest BCUT2D eigenvalue weighted by Crippen LogP contribution is 2.25. The van der Waals surface area contributed by atoms with E-state index in [1.165, 1.54) is 0 Å². The van der Waals surface area contributed by atoms with Crippen molar-refractivity contribution >= 4 is 17.7 Å². The minimum atomic E-state index is -0.854. The number of primary amides is 1. The van der Waals surface area contributed by atoms with Gasteiger partial charge in [0.1, 0.15) is 5.69 Å². The predicted octanol–water partition coefficient (Wildman–Crippen LogP) is 2.25. The van der Waals surface area contributed by atoms with Crippen LogP contribution in [0.1, 0.15) is 17.4 Å². The number of hydrogen-bond donors (Lipinski definition) is 2. The molecule has 0 bridgehead atoms. The molecule has 1 amide bonds. The number of nitrogens with two attached hydrogens (primary N) is 1. The number of nitrogens with zero attached hydrogens (tertiary/aromatic N) is 1. The van der Waals surface area contributed by atoms with Gasteiger partial charge in [-0.1, -0.05) is 23.7 Å². The molecular formula is C11H10ClN3O2. The second kappa shape index (κ2) is 4.88. The Morgan fingerprint density at radius 1 is 1.35 bits per heavy atom. The van der Waals surface area contributed by atoms with Crippen LogP contribution >= 0.6 is 11.6 Å². The Labute approximate surface area is 103 Å². The predicted molar refractivity (Wildman–Crippen MR) is 62.6 cm³/mol. The molecule has 2 aromatic rings. The molecule has 0 spiro atoms. The van der Waals surface area contributed by atoms with Gasteiger partial charge in [-0.15, -0.1) is 0 Å². The van der Waals surface area contributed by atoms with Gasteiger partial charge in [-0.05, 0) is 23.8 Å². The molecule has 6 heteroatoms. The van der Waals surface area contributed by atoms with Gasteiger partial charge in [0.05, 0.1) is 0 Å². The van der Waals surface area contributed by atoms with E-state index >= 15 is 0 Å². The minimum absolute atomic E-state index is 0.575. The van der Waals surface area contributed by atoms with E-state index < -0.39 is 12.2 Å². The van der Waals surface area contributed by atoms with Crippen molar-refractivity contribution in [3.8, 4) is 0 Å². The molecule has 1 atom stereocenters. The first-order valence-electron chi connectivity index (χ1n) is 4.88. The third-order valence-corrected chi connectivity index (χ3v) is 2.45. The average molecular weight is 252 g/mol. The highest BCUT2D eigenvalue weighted by molar-refractivity contribution is 6.30. The molecule has 0 aliphatic rings. The van der Waals surface area contributed by atoms with Gasteiger partial charge < -0.3 is 10.5 Å². The van der Waals surface area contributed by atoms with Gasteiger partial charge in [0.2, 0.25) is 0 Å². The lowest BCUT2D eigenvalue weighted by atomic mass is 10.1. The topological polar surface area (TPSA) is 81.0 Å². The smallest absolute Gasteiger partial charge is 0.405 e. The number of nitrogens with one attached hydrogen (secondary N) is 1. The number of aromatic amines is 1. The van der Waals surface area contributed by atoms with Gasteiger partial charge in [0.15, 0.2) is 6.10 Å². The van der Waals surface area contributed by atoms with Crippen molar-refractivity contribution in [1.82, 2.24) is 10.2 Å². The van der Waals surface area contributed by atoms with Crippen LogP contribution < -0.4 is 5.73 Å². The number of carbonyl (C=O) groups is 1. The van der Waals surface area contributed by atoms with E-state index in [1.807, 2.05) is 0 Å². The maximum atomic E-state index is 10.9. The molecule has 17 heavy (non-hydrogen) atoms. The van der Waals surface area contributed by atoms with Gasteiger partial charge in [-0.3, -0.25) is 5.10 Å². The van der Waals surface area contributed by atoms with Crippen molar-refractivity contribution in [2.24, 2.45) is 5.73 Å². The molecule has 0 radical (unpaired) electrons. The van der Waals surface area contributed by atoms with Crippen molar-refractivity contribution in [3.63, 3.8) is 0 Å². The Morgan fingerprint density at radius 2 is 2.06 bits per heavy atom. The van der Waals surface area contributed by atoms with E-state index in [1.54, 1.807) is 36.5 Å². The first-order chi connectivity index (χ1) is 8.16. The van der Waals surface area contributed by atoms with Crippen LogP contribution in [0.4, 0.5) is 4.79 Å². The molecular weight excluding hydrogens is 242 g/mol. The zero-order valence-electron chi connectivity index (χ0n) is 8.76. The van der Waals surface area contributed by atoms with Crippen LogP contribution in [0, 0.1) is 0 Å². The summed E-state index contributed by atoms with van der Waals surface area (Å²) in [6.07, 6.45) is 0.159. The third-order valence-electron chi connectivity index (χ3n) is 2.20. The third kappa shape index (κ3) is 2.76. The number of carbonyl (C=O) groups excluding carboxylic acids is 1. The molecule has 2 rings (SSSR count). The quantitative estimate of drug-likeness (QED) is 0.878. The summed E-state index contributed by atoms with van der Waals surface area (Å²) in [5.74, 6) is 0. The summed E-state index contributed by atoms with van der Waals surface area (Å²) in [6.45, 7) is 0. The molecule has 0 aliphatic heterocycles. The van der Waals surface area contributed by atoms with Crippen molar-refractivity contribution < 1.29 is 9.53 Å². The van der Waals surface area contributed by atoms with E-state index in [0.29, 0.717) is 10.7 Å². The maximum absolute atomic E-state index is 10.9. The molecule has 0 fully saturated rings. The van der Waals surface area contributed by atoms with E-state index in [9.17, 15) is 4.79 Å². The summed E-state index contributed by atoms with van der Waals surface area (Å²) in [6, 6.07) is 8.64. The molecule has 1 aromatic carbocycles. The number of aromatic nitrogens is 2. The fourth-order valence-corrected chi connectivity index (χ4v) is 1.60. The summed E-state index contributed by atoms with van der Waals surface area (Å²) in [7, 11) is 0. The lowest BCUT2D eigenvalue weighted by molar-refractivity contribution is 0.124. The second-order valence-corrected chi connectivity index (χ2v) is 3.80. The number of benzene rings is 1. The SMILES string of the molecule is NC(=O)OC(c1ccc(Cl)cc1)c1cc[nH]n1. The molecule has 0 saturated heterocycles. The summed E-state index contributed by atoms with van der Waals surface area (Å²) in [5.41, 5.74) is 6.37. The van der Waals surface area contributed by atoms with Crippen LogP contribution in [0.25, 0.3) is 0 Å². The van der Waals surface area contributed by atoms with Gasteiger partial charge in [-0.25, -0.2) is 4.79 Å².